The van der Waals surface area contributed by atoms with Crippen LogP contribution in [0.1, 0.15) is 0 Å². The fourth-order valence-corrected chi connectivity index (χ4v) is 0.415. The van der Waals surface area contributed by atoms with E-state index in [2.05, 4.69) is 5.32 Å². The Kier molecular flexibility index (Phi) is 6.53. The van der Waals surface area contributed by atoms with Crippen LogP contribution in [0.4, 0.5) is 4.39 Å². The van der Waals surface area contributed by atoms with Gasteiger partial charge in [0.1, 0.15) is 6.73 Å². The highest BCUT2D eigenvalue weighted by atomic mass is 35.5. The molecule has 0 saturated heterocycles. The third-order valence-corrected chi connectivity index (χ3v) is 0.869. The van der Waals surface area contributed by atoms with Gasteiger partial charge in [-0.05, 0) is 0 Å². The highest BCUT2D eigenvalue weighted by Crippen LogP contribution is 1.76. The molecule has 0 aromatic heterocycles. The fraction of sp³-hybridized carbons (Fsp3) is 0.800. The average molecular weight is 170 g/mol. The Morgan fingerprint density at radius 1 is 1.70 bits per heavy atom. The minimum atomic E-state index is -1.01. The summed E-state index contributed by atoms with van der Waals surface area (Å²) in [6, 6.07) is 0. The number of hydrogen-bond acceptors (Lipinski definition) is 2. The van der Waals surface area contributed by atoms with E-state index in [4.69, 9.17) is 16.3 Å². The molecule has 1 amide bonds. The first-order chi connectivity index (χ1) is 4.81. The number of ether oxygens (including phenoxy) is 1. The highest BCUT2D eigenvalue weighted by Gasteiger charge is 1.95. The molecule has 60 valence electrons. The summed E-state index contributed by atoms with van der Waals surface area (Å²) in [5.74, 6) is -0.305. The van der Waals surface area contributed by atoms with Crippen molar-refractivity contribution >= 4 is 17.5 Å². The van der Waals surface area contributed by atoms with E-state index in [1.54, 1.807) is 0 Å². The summed E-state index contributed by atoms with van der Waals surface area (Å²) in [7, 11) is 0. The quantitative estimate of drug-likeness (QED) is 0.365. The molecule has 0 heterocycles. The Bertz CT molecular complexity index is 102. The fourth-order valence-electron chi connectivity index (χ4n) is 0.305. The number of halogens is 2. The van der Waals surface area contributed by atoms with E-state index < -0.39 is 12.6 Å². The van der Waals surface area contributed by atoms with Crippen LogP contribution < -0.4 is 5.32 Å². The molecule has 0 radical (unpaired) electrons. The van der Waals surface area contributed by atoms with Crippen LogP contribution in [-0.2, 0) is 9.53 Å². The van der Waals surface area contributed by atoms with Crippen LogP contribution in [0.2, 0.25) is 0 Å². The van der Waals surface area contributed by atoms with E-state index in [0.29, 0.717) is 12.5 Å². The Morgan fingerprint density at radius 2 is 2.40 bits per heavy atom. The van der Waals surface area contributed by atoms with E-state index in [1.807, 2.05) is 0 Å². The number of carbonyl (C=O) groups is 1. The van der Waals surface area contributed by atoms with Crippen molar-refractivity contribution in [3.8, 4) is 0 Å². The summed E-state index contributed by atoms with van der Waals surface area (Å²) in [6.45, 7) is -0.631. The summed E-state index contributed by atoms with van der Waals surface area (Å²) in [5.41, 5.74) is 0. The normalized spacial score (nSPS) is 9.40. The van der Waals surface area contributed by atoms with Crippen LogP contribution in [0.3, 0.4) is 0 Å². The molecule has 0 fully saturated rings. The van der Waals surface area contributed by atoms with Crippen LogP contribution >= 0.6 is 11.6 Å². The zero-order valence-electron chi connectivity index (χ0n) is 5.40. The van der Waals surface area contributed by atoms with Gasteiger partial charge in [0.05, 0.1) is 6.61 Å². The highest BCUT2D eigenvalue weighted by molar-refractivity contribution is 6.17. The molecule has 0 spiro atoms. The maximum absolute atomic E-state index is 11.4. The molecule has 10 heavy (non-hydrogen) atoms. The van der Waals surface area contributed by atoms with Gasteiger partial charge in [-0.1, -0.05) is 0 Å². The van der Waals surface area contributed by atoms with E-state index in [0.717, 1.165) is 0 Å². The van der Waals surface area contributed by atoms with Crippen molar-refractivity contribution in [1.82, 2.24) is 5.32 Å². The smallest absolute Gasteiger partial charge is 0.253 e. The first-order valence-corrected chi connectivity index (χ1v) is 3.31. The predicted octanol–water partition coefficient (Wildman–Crippen LogP) is 0.285. The average Bonchev–Trinajstić information content (AvgIpc) is 1.98. The molecule has 0 aliphatic rings. The lowest BCUT2D eigenvalue weighted by Gasteiger charge is -2.01. The van der Waals surface area contributed by atoms with Gasteiger partial charge in [-0.25, -0.2) is 4.39 Å². The maximum Gasteiger partial charge on any atom is 0.253 e. The third-order valence-electron chi connectivity index (χ3n) is 0.714. The molecule has 0 aliphatic heterocycles. The van der Waals surface area contributed by atoms with Crippen LogP contribution in [0.25, 0.3) is 0 Å². The van der Waals surface area contributed by atoms with E-state index in [1.165, 1.54) is 0 Å². The molecule has 0 aliphatic carbocycles. The lowest BCUT2D eigenvalue weighted by atomic mass is 10.7. The number of alkyl halides is 2. The molecule has 3 nitrogen and oxygen atoms in total. The van der Waals surface area contributed by atoms with Crippen molar-refractivity contribution in [1.29, 1.82) is 0 Å². The second kappa shape index (κ2) is 6.77. The van der Waals surface area contributed by atoms with Crippen molar-refractivity contribution in [3.05, 3.63) is 0 Å². The lowest BCUT2D eigenvalue weighted by molar-refractivity contribution is -0.123. The molecule has 1 N–H and O–H groups in total. The molecule has 0 saturated carbocycles. The van der Waals surface area contributed by atoms with Gasteiger partial charge in [0.15, 0.2) is 6.67 Å². The molecule has 0 aromatic carbocycles. The van der Waals surface area contributed by atoms with Gasteiger partial charge in [-0.2, -0.15) is 0 Å². The number of hydrogen-bond donors (Lipinski definition) is 1. The van der Waals surface area contributed by atoms with Crippen LogP contribution in [0.5, 0.6) is 0 Å². The summed E-state index contributed by atoms with van der Waals surface area (Å²) >= 11 is 5.24. The Labute approximate surface area is 63.5 Å². The Balaban J connectivity index is 2.96. The summed E-state index contributed by atoms with van der Waals surface area (Å²) in [5, 5.41) is 2.17. The first kappa shape index (κ1) is 9.65. The van der Waals surface area contributed by atoms with Gasteiger partial charge < -0.3 is 10.1 Å². The SMILES string of the molecule is O=C(CF)NCOCCCl. The number of amides is 1. The van der Waals surface area contributed by atoms with Crippen LogP contribution in [0.15, 0.2) is 0 Å². The third kappa shape index (κ3) is 5.78. The van der Waals surface area contributed by atoms with Gasteiger partial charge in [0.2, 0.25) is 0 Å². The maximum atomic E-state index is 11.4. The molecular weight excluding hydrogens is 161 g/mol. The predicted molar refractivity (Wildman–Crippen MR) is 35.7 cm³/mol. The largest absolute Gasteiger partial charge is 0.360 e. The van der Waals surface area contributed by atoms with Gasteiger partial charge in [-0.15, -0.1) is 11.6 Å². The van der Waals surface area contributed by atoms with Crippen molar-refractivity contribution in [2.24, 2.45) is 0 Å². The molecular formula is C5H9ClFNO2. The zero-order valence-corrected chi connectivity index (χ0v) is 6.16. The van der Waals surface area contributed by atoms with Crippen LogP contribution in [0, 0.1) is 0 Å². The summed E-state index contributed by atoms with van der Waals surface area (Å²) in [4.78, 5) is 10.2. The van der Waals surface area contributed by atoms with Gasteiger partial charge in [0.25, 0.3) is 5.91 Å². The Hall–Kier alpha value is -0.350. The van der Waals surface area contributed by atoms with Gasteiger partial charge >= 0.3 is 0 Å². The molecule has 0 bridgehead atoms. The van der Waals surface area contributed by atoms with Crippen molar-refractivity contribution in [3.63, 3.8) is 0 Å². The van der Waals surface area contributed by atoms with Gasteiger partial charge in [-0.3, -0.25) is 4.79 Å². The Morgan fingerprint density at radius 3 is 2.90 bits per heavy atom. The minimum Gasteiger partial charge on any atom is -0.360 e. The monoisotopic (exact) mass is 169 g/mol. The van der Waals surface area contributed by atoms with Crippen molar-refractivity contribution < 1.29 is 13.9 Å². The second-order valence-corrected chi connectivity index (χ2v) is 1.85. The molecule has 5 heteroatoms. The summed E-state index contributed by atoms with van der Waals surface area (Å²) < 4.78 is 16.1. The van der Waals surface area contributed by atoms with Crippen molar-refractivity contribution in [2.45, 2.75) is 0 Å². The molecule has 0 rings (SSSR count). The standard InChI is InChI=1S/C5H9ClFNO2/c6-1-2-10-4-8-5(9)3-7/h1-4H2,(H,8,9). The van der Waals surface area contributed by atoms with E-state index >= 15 is 0 Å². The number of nitrogens with one attached hydrogen (secondary N) is 1. The van der Waals surface area contributed by atoms with Crippen molar-refractivity contribution in [2.75, 3.05) is 25.9 Å². The lowest BCUT2D eigenvalue weighted by Crippen LogP contribution is -2.27. The van der Waals surface area contributed by atoms with E-state index in [9.17, 15) is 9.18 Å². The number of rotatable bonds is 5. The first-order valence-electron chi connectivity index (χ1n) is 2.77. The molecule has 0 aromatic rings. The van der Waals surface area contributed by atoms with E-state index in [-0.39, 0.29) is 6.73 Å². The molecule has 0 unspecified atom stereocenters. The van der Waals surface area contributed by atoms with Gasteiger partial charge in [0, 0.05) is 5.88 Å². The molecule has 0 atom stereocenters. The topological polar surface area (TPSA) is 38.3 Å². The minimum absolute atomic E-state index is 0.0233. The number of carbonyl (C=O) groups excluding carboxylic acids is 1. The summed E-state index contributed by atoms with van der Waals surface area (Å²) in [6.07, 6.45) is 0. The second-order valence-electron chi connectivity index (χ2n) is 1.48. The van der Waals surface area contributed by atoms with Crippen LogP contribution in [-0.4, -0.2) is 31.8 Å². The zero-order chi connectivity index (χ0) is 7.82.